The Morgan fingerprint density at radius 2 is 1.95 bits per heavy atom. The minimum Gasteiger partial charge on any atom is -0.514 e. The monoisotopic (exact) mass is 753 g/mol. The maximum atomic E-state index is 14.3. The molecule has 0 spiro atoms. The van der Waals surface area contributed by atoms with E-state index in [-0.39, 0.29) is 78.9 Å². The third kappa shape index (κ3) is 6.92. The molecular weight excluding hydrogens is 726 g/mol. The van der Waals surface area contributed by atoms with E-state index in [0.717, 1.165) is 17.0 Å². The van der Waals surface area contributed by atoms with Crippen LogP contribution < -0.4 is 10.1 Å². The summed E-state index contributed by atoms with van der Waals surface area (Å²) in [4.78, 5) is 41.5. The van der Waals surface area contributed by atoms with Gasteiger partial charge in [-0.1, -0.05) is 31.2 Å². The van der Waals surface area contributed by atoms with Crippen LogP contribution in [-0.2, 0) is 16.1 Å². The van der Waals surface area contributed by atoms with Crippen LogP contribution in [-0.4, -0.2) is 72.0 Å². The number of nitrogens with zero attached hydrogens (tertiary/aromatic N) is 2. The van der Waals surface area contributed by atoms with Crippen molar-refractivity contribution < 1.29 is 68.5 Å². The molecule has 2 aromatic carbocycles. The zero-order valence-electron chi connectivity index (χ0n) is 21.1. The quantitative estimate of drug-likeness (QED) is 0.308. The first-order valence-electron chi connectivity index (χ1n) is 11.2. The molecule has 12 heteroatoms. The minimum atomic E-state index is -1.89. The van der Waals surface area contributed by atoms with E-state index >= 15 is 0 Å². The molecule has 0 aliphatic heterocycles. The number of carbonyl (C=O) groups is 3. The van der Waals surface area contributed by atoms with Crippen LogP contribution in [0, 0.1) is 55.7 Å². The molecule has 0 aliphatic carbocycles. The van der Waals surface area contributed by atoms with Gasteiger partial charge >= 0.3 is 31.1 Å². The fraction of sp³-hybridized carbons (Fsp3) is 0.308. The second-order valence-electron chi connectivity index (χ2n) is 8.50. The van der Waals surface area contributed by atoms with Crippen LogP contribution in [0.5, 0.6) is 5.75 Å². The maximum absolute atomic E-state index is 14.3. The van der Waals surface area contributed by atoms with E-state index in [1.54, 1.807) is 0 Å². The van der Waals surface area contributed by atoms with Crippen molar-refractivity contribution in [2.24, 2.45) is 0 Å². The van der Waals surface area contributed by atoms with Crippen LogP contribution in [0.2, 0.25) is 0 Å². The molecule has 3 aromatic rings. The number of halogens is 2. The van der Waals surface area contributed by atoms with E-state index in [4.69, 9.17) is 14.3 Å². The second-order valence-corrected chi connectivity index (χ2v) is 8.50. The summed E-state index contributed by atoms with van der Waals surface area (Å²) in [5, 5.41) is 11.9. The van der Waals surface area contributed by atoms with Gasteiger partial charge in [-0.3, -0.25) is 9.59 Å². The summed E-state index contributed by atoms with van der Waals surface area (Å²) < 4.78 is 38.6. The molecule has 0 bridgehead atoms. The van der Waals surface area contributed by atoms with E-state index in [9.17, 15) is 23.2 Å². The number of furan rings is 1. The fourth-order valence-electron chi connectivity index (χ4n) is 3.55. The Bertz CT molecular complexity index is 1310. The summed E-state index contributed by atoms with van der Waals surface area (Å²) in [5.74, 6) is -3.62. The van der Waals surface area contributed by atoms with Crippen LogP contribution in [0.3, 0.4) is 0 Å². The summed E-state index contributed by atoms with van der Waals surface area (Å²) in [7, 11) is 2.78. The molecule has 0 saturated heterocycles. The summed E-state index contributed by atoms with van der Waals surface area (Å²) in [6.07, 6.45) is 0. The maximum Gasteiger partial charge on any atom is 2.00 e. The molecule has 1 aromatic heterocycles. The van der Waals surface area contributed by atoms with Crippen molar-refractivity contribution in [2.45, 2.75) is 19.0 Å². The first-order chi connectivity index (χ1) is 17.5. The average Bonchev–Trinajstić information content (AvgIpc) is 3.28. The largest absolute Gasteiger partial charge is 2.00 e. The molecule has 0 fully saturated rings. The number of aliphatic hydroxyl groups excluding tert-OH is 1. The number of carbonyl (C=O) groups excluding carboxylic acids is 3. The van der Waals surface area contributed by atoms with Gasteiger partial charge < -0.3 is 41.1 Å². The molecule has 9 nitrogen and oxygen atoms in total. The Morgan fingerprint density at radius 1 is 1.24 bits per heavy atom. The van der Waals surface area contributed by atoms with Crippen molar-refractivity contribution in [3.05, 3.63) is 72.3 Å². The van der Waals surface area contributed by atoms with Crippen molar-refractivity contribution in [2.75, 3.05) is 33.9 Å². The van der Waals surface area contributed by atoms with Gasteiger partial charge in [-0.15, -0.1) is 5.39 Å². The van der Waals surface area contributed by atoms with Gasteiger partial charge in [-0.2, -0.15) is 0 Å². The Morgan fingerprint density at radius 3 is 2.61 bits per heavy atom. The van der Waals surface area contributed by atoms with E-state index in [1.807, 2.05) is 0 Å². The number of hydrogen-bond donors (Lipinski definition) is 2. The number of rotatable bonds is 10. The SMILES string of the molecule is [CH2-]C(C)(C(=O)NCc1c(F)cccc1OC)N(CC(=O)N(C)CCO)C(=O)c1[c-]c2cc(F)ccc2o1.[U+2]. The molecule has 3 amide bonds. The number of fused-ring (bicyclic) bond motifs is 1. The number of methoxy groups -OCH3 is 1. The van der Waals surface area contributed by atoms with Gasteiger partial charge in [0.15, 0.2) is 0 Å². The second kappa shape index (κ2) is 13.2. The predicted octanol–water partition coefficient (Wildman–Crippen LogP) is 2.32. The zero-order chi connectivity index (χ0) is 27.3. The molecule has 0 saturated carbocycles. The average molecular weight is 754 g/mol. The molecule has 1 unspecified atom stereocenters. The molecule has 0 aliphatic rings. The predicted molar refractivity (Wildman–Crippen MR) is 129 cm³/mol. The number of nitrogens with one attached hydrogen (secondary N) is 1. The first kappa shape index (κ1) is 31.3. The molecule has 1 atom stereocenters. The summed E-state index contributed by atoms with van der Waals surface area (Å²) >= 11 is 0. The number of aliphatic hydroxyl groups is 1. The number of hydrogen-bond acceptors (Lipinski definition) is 6. The molecule has 0 radical (unpaired) electrons. The number of benzene rings is 2. The van der Waals surface area contributed by atoms with Gasteiger partial charge in [0.1, 0.15) is 11.6 Å². The molecular formula is C26H27F2N3O6U. The van der Waals surface area contributed by atoms with Gasteiger partial charge in [0.25, 0.3) is 0 Å². The van der Waals surface area contributed by atoms with Crippen molar-refractivity contribution >= 4 is 28.7 Å². The smallest absolute Gasteiger partial charge is 0.514 e. The third-order valence-corrected chi connectivity index (χ3v) is 5.80. The van der Waals surface area contributed by atoms with Gasteiger partial charge in [0.2, 0.25) is 17.7 Å². The van der Waals surface area contributed by atoms with Crippen LogP contribution in [0.15, 0.2) is 40.8 Å². The number of likely N-dealkylation sites (N-methyl/N-ethyl adjacent to an activating group) is 1. The molecule has 38 heavy (non-hydrogen) atoms. The Balaban J connectivity index is 0.00000507. The normalized spacial score (nSPS) is 12.3. The first-order valence-corrected chi connectivity index (χ1v) is 11.2. The van der Waals surface area contributed by atoms with Crippen LogP contribution >= 0.6 is 0 Å². The fourth-order valence-corrected chi connectivity index (χ4v) is 3.55. The molecule has 200 valence electrons. The standard InChI is InChI=1S/C26H27F2N3O6.U/c1-26(2,25(35)29-14-18-19(28)6-5-7-21(18)36-4)31(15-23(33)30(3)10-11-32)24(34)22-13-16-12-17(27)8-9-20(16)37-22;/h5-9,12,32H,1,10-11,14-15H2,2-4H3,(H,29,35);/q-2;+2. The Hall–Kier alpha value is -2.94. The minimum absolute atomic E-state index is 0. The number of ether oxygens (including phenoxy) is 1. The Kier molecular flexibility index (Phi) is 10.9. The van der Waals surface area contributed by atoms with Gasteiger partial charge in [-0.05, 0) is 23.7 Å². The van der Waals surface area contributed by atoms with Crippen LogP contribution in [0.1, 0.15) is 23.0 Å². The van der Waals surface area contributed by atoms with Crippen LogP contribution in [0.4, 0.5) is 8.78 Å². The van der Waals surface area contributed by atoms with E-state index in [1.165, 1.54) is 50.2 Å². The zero-order valence-corrected chi connectivity index (χ0v) is 25.3. The van der Waals surface area contributed by atoms with Gasteiger partial charge in [0.05, 0.1) is 31.8 Å². The van der Waals surface area contributed by atoms with Crippen molar-refractivity contribution in [3.63, 3.8) is 0 Å². The van der Waals surface area contributed by atoms with E-state index < -0.39 is 41.4 Å². The van der Waals surface area contributed by atoms with Crippen molar-refractivity contribution in [3.8, 4) is 5.75 Å². The van der Waals surface area contributed by atoms with Crippen LogP contribution in [0.25, 0.3) is 11.0 Å². The topological polar surface area (TPSA) is 112 Å². The number of amides is 3. The third-order valence-electron chi connectivity index (χ3n) is 5.80. The molecule has 2 N–H and O–H groups in total. The van der Waals surface area contributed by atoms with E-state index in [0.29, 0.717) is 0 Å². The Labute approximate surface area is 242 Å². The molecule has 3 rings (SSSR count). The van der Waals surface area contributed by atoms with Gasteiger partial charge in [0, 0.05) is 31.3 Å². The van der Waals surface area contributed by atoms with Crippen molar-refractivity contribution in [1.29, 1.82) is 0 Å². The molecule has 1 heterocycles. The van der Waals surface area contributed by atoms with E-state index in [2.05, 4.69) is 18.3 Å². The summed E-state index contributed by atoms with van der Waals surface area (Å²) in [6.45, 7) is 3.95. The van der Waals surface area contributed by atoms with Crippen molar-refractivity contribution in [1.82, 2.24) is 15.1 Å². The summed E-state index contributed by atoms with van der Waals surface area (Å²) in [6, 6.07) is 10.4. The summed E-state index contributed by atoms with van der Waals surface area (Å²) in [5.41, 5.74) is -1.63. The van der Waals surface area contributed by atoms with Gasteiger partial charge in [-0.25, -0.2) is 8.78 Å².